The molecule has 1 aliphatic rings. The van der Waals surface area contributed by atoms with Gasteiger partial charge in [-0.3, -0.25) is 10.1 Å². The number of hydrogen-bond acceptors (Lipinski definition) is 5. The first kappa shape index (κ1) is 18.5. The molecule has 0 aromatic heterocycles. The van der Waals surface area contributed by atoms with Gasteiger partial charge < -0.3 is 14.4 Å². The van der Waals surface area contributed by atoms with E-state index in [1.807, 2.05) is 20.8 Å². The lowest BCUT2D eigenvalue weighted by atomic mass is 10.1. The van der Waals surface area contributed by atoms with Gasteiger partial charge >= 0.3 is 6.09 Å². The summed E-state index contributed by atoms with van der Waals surface area (Å²) in [6.07, 6.45) is 1.04. The van der Waals surface area contributed by atoms with Gasteiger partial charge in [0.05, 0.1) is 9.40 Å². The summed E-state index contributed by atoms with van der Waals surface area (Å²) in [4.78, 5) is 24.1. The summed E-state index contributed by atoms with van der Waals surface area (Å²) >= 11 is 3.18. The molecule has 1 aliphatic heterocycles. The minimum absolute atomic E-state index is 0.00194. The van der Waals surface area contributed by atoms with Crippen LogP contribution in [0, 0.1) is 10.1 Å². The maximum atomic E-state index is 12.0. The van der Waals surface area contributed by atoms with Gasteiger partial charge in [-0.25, -0.2) is 4.79 Å². The number of hydrogen-bond donors (Lipinski definition) is 0. The number of benzene rings is 1. The molecule has 0 saturated carbocycles. The van der Waals surface area contributed by atoms with E-state index < -0.39 is 10.5 Å². The molecule has 2 rings (SSSR count). The standard InChI is InChI=1S/C16H21BrN2O5/c1-16(2,3)24-15(20)18-8-6-11(7-9-18)23-12-4-5-14(19(21)22)13(17)10-12/h4-5,10-11H,6-9H2,1-3H3. The van der Waals surface area contributed by atoms with Crippen molar-refractivity contribution in [2.45, 2.75) is 45.3 Å². The zero-order chi connectivity index (χ0) is 17.9. The van der Waals surface area contributed by atoms with E-state index in [4.69, 9.17) is 9.47 Å². The maximum Gasteiger partial charge on any atom is 0.410 e. The minimum Gasteiger partial charge on any atom is -0.490 e. The first-order valence-corrected chi connectivity index (χ1v) is 8.53. The van der Waals surface area contributed by atoms with Gasteiger partial charge in [0.25, 0.3) is 5.69 Å². The number of rotatable bonds is 3. The molecule has 132 valence electrons. The second-order valence-corrected chi connectivity index (χ2v) is 7.51. The fourth-order valence-corrected chi connectivity index (χ4v) is 2.89. The van der Waals surface area contributed by atoms with Crippen LogP contribution in [-0.4, -0.2) is 40.7 Å². The number of carbonyl (C=O) groups is 1. The number of carbonyl (C=O) groups excluding carboxylic acids is 1. The Morgan fingerprint density at radius 3 is 2.46 bits per heavy atom. The number of likely N-dealkylation sites (tertiary alicyclic amines) is 1. The number of ether oxygens (including phenoxy) is 2. The Kier molecular flexibility index (Phi) is 5.69. The number of nitro benzene ring substituents is 1. The molecule has 0 aliphatic carbocycles. The third-order valence-electron chi connectivity index (χ3n) is 3.51. The second kappa shape index (κ2) is 7.38. The maximum absolute atomic E-state index is 12.0. The third-order valence-corrected chi connectivity index (χ3v) is 4.15. The smallest absolute Gasteiger partial charge is 0.410 e. The molecule has 1 amide bonds. The van der Waals surface area contributed by atoms with Crippen molar-refractivity contribution < 1.29 is 19.2 Å². The number of nitro groups is 1. The minimum atomic E-state index is -0.504. The van der Waals surface area contributed by atoms with E-state index in [0.717, 1.165) is 0 Å². The Morgan fingerprint density at radius 2 is 1.96 bits per heavy atom. The van der Waals surface area contributed by atoms with Crippen molar-refractivity contribution >= 4 is 27.7 Å². The van der Waals surface area contributed by atoms with Crippen molar-refractivity contribution in [1.82, 2.24) is 4.90 Å². The molecule has 1 heterocycles. The lowest BCUT2D eigenvalue weighted by molar-refractivity contribution is -0.385. The molecule has 0 atom stereocenters. The predicted octanol–water partition coefficient (Wildman–Crippen LogP) is 4.14. The zero-order valence-corrected chi connectivity index (χ0v) is 15.5. The topological polar surface area (TPSA) is 81.9 Å². The third kappa shape index (κ3) is 5.09. The molecule has 1 saturated heterocycles. The van der Waals surface area contributed by atoms with E-state index in [9.17, 15) is 14.9 Å². The summed E-state index contributed by atoms with van der Waals surface area (Å²) in [5, 5.41) is 10.8. The van der Waals surface area contributed by atoms with E-state index in [-0.39, 0.29) is 17.9 Å². The van der Waals surface area contributed by atoms with Crippen LogP contribution in [0.15, 0.2) is 22.7 Å². The molecule has 24 heavy (non-hydrogen) atoms. The van der Waals surface area contributed by atoms with E-state index in [1.165, 1.54) is 6.07 Å². The first-order chi connectivity index (χ1) is 11.2. The molecule has 1 aromatic carbocycles. The average molecular weight is 401 g/mol. The summed E-state index contributed by atoms with van der Waals surface area (Å²) in [6.45, 7) is 6.65. The molecule has 1 aromatic rings. The van der Waals surface area contributed by atoms with Crippen LogP contribution in [0.2, 0.25) is 0 Å². The number of nitrogens with zero attached hydrogens (tertiary/aromatic N) is 2. The van der Waals surface area contributed by atoms with Gasteiger partial charge in [-0.15, -0.1) is 0 Å². The SMILES string of the molecule is CC(C)(C)OC(=O)N1CCC(Oc2ccc([N+](=O)[O-])c(Br)c2)CC1. The van der Waals surface area contributed by atoms with E-state index in [0.29, 0.717) is 36.2 Å². The van der Waals surface area contributed by atoms with Gasteiger partial charge in [-0.05, 0) is 42.8 Å². The molecular weight excluding hydrogens is 380 g/mol. The van der Waals surface area contributed by atoms with Crippen LogP contribution in [0.1, 0.15) is 33.6 Å². The Morgan fingerprint density at radius 1 is 1.33 bits per heavy atom. The predicted molar refractivity (Wildman–Crippen MR) is 92.3 cm³/mol. The fraction of sp³-hybridized carbons (Fsp3) is 0.562. The first-order valence-electron chi connectivity index (χ1n) is 7.74. The van der Waals surface area contributed by atoms with Crippen LogP contribution < -0.4 is 4.74 Å². The van der Waals surface area contributed by atoms with Crippen molar-refractivity contribution in [2.75, 3.05) is 13.1 Å². The summed E-state index contributed by atoms with van der Waals surface area (Å²) < 4.78 is 11.6. The molecule has 0 unspecified atom stereocenters. The highest BCUT2D eigenvalue weighted by Crippen LogP contribution is 2.30. The molecule has 8 heteroatoms. The van der Waals surface area contributed by atoms with Gasteiger partial charge in [-0.2, -0.15) is 0 Å². The Hall–Kier alpha value is -1.83. The lowest BCUT2D eigenvalue weighted by Crippen LogP contribution is -2.44. The molecule has 0 N–H and O–H groups in total. The van der Waals surface area contributed by atoms with Crippen molar-refractivity contribution in [1.29, 1.82) is 0 Å². The van der Waals surface area contributed by atoms with Crippen LogP contribution in [0.25, 0.3) is 0 Å². The quantitative estimate of drug-likeness (QED) is 0.562. The van der Waals surface area contributed by atoms with Crippen LogP contribution in [0.5, 0.6) is 5.75 Å². The normalized spacial score (nSPS) is 15.9. The van der Waals surface area contributed by atoms with Crippen molar-refractivity contribution in [3.63, 3.8) is 0 Å². The fourth-order valence-electron chi connectivity index (χ4n) is 2.38. The average Bonchev–Trinajstić information content (AvgIpc) is 2.45. The molecule has 0 spiro atoms. The second-order valence-electron chi connectivity index (χ2n) is 6.65. The van der Waals surface area contributed by atoms with E-state index in [2.05, 4.69) is 15.9 Å². The highest BCUT2D eigenvalue weighted by molar-refractivity contribution is 9.10. The van der Waals surface area contributed by atoms with Crippen LogP contribution in [0.4, 0.5) is 10.5 Å². The highest BCUT2D eigenvalue weighted by atomic mass is 79.9. The lowest BCUT2D eigenvalue weighted by Gasteiger charge is -2.33. The molecule has 0 radical (unpaired) electrons. The molecule has 0 bridgehead atoms. The van der Waals surface area contributed by atoms with Crippen LogP contribution in [-0.2, 0) is 4.74 Å². The van der Waals surface area contributed by atoms with E-state index in [1.54, 1.807) is 17.0 Å². The summed E-state index contributed by atoms with van der Waals surface area (Å²) in [5.74, 6) is 0.572. The van der Waals surface area contributed by atoms with Crippen molar-refractivity contribution in [3.05, 3.63) is 32.8 Å². The Labute approximate surface area is 149 Å². The monoisotopic (exact) mass is 400 g/mol. The molecule has 7 nitrogen and oxygen atoms in total. The Balaban J connectivity index is 1.88. The van der Waals surface area contributed by atoms with Gasteiger partial charge in [-0.1, -0.05) is 0 Å². The van der Waals surface area contributed by atoms with Gasteiger partial charge in [0.2, 0.25) is 0 Å². The van der Waals surface area contributed by atoms with Gasteiger partial charge in [0.15, 0.2) is 0 Å². The summed E-state index contributed by atoms with van der Waals surface area (Å²) in [7, 11) is 0. The van der Waals surface area contributed by atoms with Crippen molar-refractivity contribution in [3.8, 4) is 5.75 Å². The van der Waals surface area contributed by atoms with Crippen LogP contribution in [0.3, 0.4) is 0 Å². The number of amides is 1. The number of piperidine rings is 1. The van der Waals surface area contributed by atoms with Crippen LogP contribution >= 0.6 is 15.9 Å². The van der Waals surface area contributed by atoms with Crippen molar-refractivity contribution in [2.24, 2.45) is 0 Å². The summed E-state index contributed by atoms with van der Waals surface area (Å²) in [6, 6.07) is 4.59. The van der Waals surface area contributed by atoms with E-state index >= 15 is 0 Å². The Bertz CT molecular complexity index is 621. The molecular formula is C16H21BrN2O5. The summed E-state index contributed by atoms with van der Waals surface area (Å²) in [5.41, 5.74) is -0.503. The molecule has 1 fully saturated rings. The highest BCUT2D eigenvalue weighted by Gasteiger charge is 2.27. The largest absolute Gasteiger partial charge is 0.490 e. The zero-order valence-electron chi connectivity index (χ0n) is 14.0. The number of halogens is 1. The van der Waals surface area contributed by atoms with Gasteiger partial charge in [0, 0.05) is 38.1 Å². The van der Waals surface area contributed by atoms with Gasteiger partial charge in [0.1, 0.15) is 17.5 Å².